The highest BCUT2D eigenvalue weighted by Crippen LogP contribution is 2.13. The number of fused-ring (bicyclic) bond motifs is 3. The number of hydrogen-bond donors (Lipinski definition) is 1. The summed E-state index contributed by atoms with van der Waals surface area (Å²) >= 11 is 3.39. The minimum absolute atomic E-state index is 0.232. The Labute approximate surface area is 138 Å². The SMILES string of the molecule is O=c1c2c(CBr)nc3ccccc3[n+]2[nH]n1-c1ccc(F)cc1. The van der Waals surface area contributed by atoms with Gasteiger partial charge in [0.1, 0.15) is 17.0 Å². The van der Waals surface area contributed by atoms with Gasteiger partial charge in [0.25, 0.3) is 5.52 Å². The average molecular weight is 374 g/mol. The maximum Gasteiger partial charge on any atom is 0.408 e. The van der Waals surface area contributed by atoms with Crippen molar-refractivity contribution in [2.45, 2.75) is 5.33 Å². The monoisotopic (exact) mass is 373 g/mol. The summed E-state index contributed by atoms with van der Waals surface area (Å²) in [6, 6.07) is 13.3. The Morgan fingerprint density at radius 3 is 2.65 bits per heavy atom. The van der Waals surface area contributed by atoms with Crippen LogP contribution in [-0.4, -0.2) is 14.9 Å². The zero-order chi connectivity index (χ0) is 16.0. The maximum atomic E-state index is 13.1. The van der Waals surface area contributed by atoms with Crippen LogP contribution in [0.25, 0.3) is 22.2 Å². The van der Waals surface area contributed by atoms with Gasteiger partial charge in [-0.05, 0) is 36.4 Å². The molecule has 0 unspecified atom stereocenters. The van der Waals surface area contributed by atoms with E-state index in [1.807, 2.05) is 24.3 Å². The number of nitrogens with one attached hydrogen (secondary N) is 1. The minimum atomic E-state index is -0.348. The summed E-state index contributed by atoms with van der Waals surface area (Å²) in [4.78, 5) is 17.3. The van der Waals surface area contributed by atoms with Crippen LogP contribution in [0.2, 0.25) is 0 Å². The number of para-hydroxylation sites is 2. The van der Waals surface area contributed by atoms with Crippen LogP contribution in [0.3, 0.4) is 0 Å². The Morgan fingerprint density at radius 1 is 1.17 bits per heavy atom. The molecule has 4 aromatic rings. The normalized spacial score (nSPS) is 11.4. The van der Waals surface area contributed by atoms with Gasteiger partial charge in [-0.1, -0.05) is 38.0 Å². The van der Waals surface area contributed by atoms with Crippen LogP contribution in [0.15, 0.2) is 53.3 Å². The molecule has 0 aliphatic carbocycles. The van der Waals surface area contributed by atoms with Crippen molar-refractivity contribution >= 4 is 32.5 Å². The summed E-state index contributed by atoms with van der Waals surface area (Å²) in [5.41, 5.74) is 3.02. The van der Waals surface area contributed by atoms with Gasteiger partial charge in [0.15, 0.2) is 11.2 Å². The van der Waals surface area contributed by atoms with E-state index in [2.05, 4.69) is 26.1 Å². The molecule has 5 nitrogen and oxygen atoms in total. The predicted molar refractivity (Wildman–Crippen MR) is 87.4 cm³/mol. The molecule has 2 aromatic carbocycles. The van der Waals surface area contributed by atoms with Crippen LogP contribution < -0.4 is 10.1 Å². The van der Waals surface area contributed by atoms with Gasteiger partial charge in [-0.3, -0.25) is 0 Å². The quantitative estimate of drug-likeness (QED) is 0.433. The van der Waals surface area contributed by atoms with Crippen LogP contribution >= 0.6 is 15.9 Å². The second-order valence-corrected chi connectivity index (χ2v) is 5.64. The van der Waals surface area contributed by atoms with Gasteiger partial charge in [-0.25, -0.2) is 14.2 Å². The fraction of sp³-hybridized carbons (Fsp3) is 0.0625. The molecule has 114 valence electrons. The first-order chi connectivity index (χ1) is 11.2. The van der Waals surface area contributed by atoms with E-state index >= 15 is 0 Å². The fourth-order valence-electron chi connectivity index (χ4n) is 2.63. The molecule has 2 aromatic heterocycles. The Balaban J connectivity index is 2.12. The molecule has 0 aliphatic heterocycles. The summed E-state index contributed by atoms with van der Waals surface area (Å²) in [5, 5.41) is 3.51. The molecule has 23 heavy (non-hydrogen) atoms. The van der Waals surface area contributed by atoms with Gasteiger partial charge < -0.3 is 0 Å². The topological polar surface area (TPSA) is 54.8 Å². The standard InChI is InChI=1S/C16H10BrFN4O/c17-9-13-15-16(23)21(11-7-5-10(18)6-8-11)20-22(15)14-4-2-1-3-12(14)19-13/h1-8H,9H2/p+1. The highest BCUT2D eigenvalue weighted by atomic mass is 79.9. The number of H-pyrrole nitrogens is 1. The first kappa shape index (κ1) is 14.1. The Kier molecular flexibility index (Phi) is 3.23. The van der Waals surface area contributed by atoms with Crippen molar-refractivity contribution in [3.63, 3.8) is 0 Å². The van der Waals surface area contributed by atoms with Crippen LogP contribution in [0.1, 0.15) is 5.69 Å². The maximum absolute atomic E-state index is 13.1. The molecule has 2 heterocycles. The third-order valence-corrected chi connectivity index (χ3v) is 4.22. The van der Waals surface area contributed by atoms with Crippen molar-refractivity contribution < 1.29 is 8.91 Å². The van der Waals surface area contributed by atoms with E-state index in [0.29, 0.717) is 22.2 Å². The van der Waals surface area contributed by atoms with Gasteiger partial charge in [0.2, 0.25) is 0 Å². The lowest BCUT2D eigenvalue weighted by Crippen LogP contribution is -2.28. The van der Waals surface area contributed by atoms with Crippen molar-refractivity contribution in [2.24, 2.45) is 0 Å². The lowest BCUT2D eigenvalue weighted by molar-refractivity contribution is -0.556. The van der Waals surface area contributed by atoms with E-state index in [1.165, 1.54) is 16.8 Å². The van der Waals surface area contributed by atoms with E-state index in [9.17, 15) is 9.18 Å². The van der Waals surface area contributed by atoms with Gasteiger partial charge in [-0.15, -0.1) is 4.52 Å². The highest BCUT2D eigenvalue weighted by Gasteiger charge is 2.23. The first-order valence-corrected chi connectivity index (χ1v) is 8.07. The van der Waals surface area contributed by atoms with Crippen molar-refractivity contribution in [3.05, 3.63) is 70.4 Å². The fourth-order valence-corrected chi connectivity index (χ4v) is 3.02. The van der Waals surface area contributed by atoms with Gasteiger partial charge >= 0.3 is 5.56 Å². The zero-order valence-electron chi connectivity index (χ0n) is 11.8. The Morgan fingerprint density at radius 2 is 1.91 bits per heavy atom. The van der Waals surface area contributed by atoms with Gasteiger partial charge in [0.05, 0.1) is 5.33 Å². The Bertz CT molecular complexity index is 1090. The van der Waals surface area contributed by atoms with Crippen LogP contribution in [0, 0.1) is 5.82 Å². The molecule has 0 amide bonds. The van der Waals surface area contributed by atoms with E-state index in [0.717, 1.165) is 11.0 Å². The van der Waals surface area contributed by atoms with Crippen molar-refractivity contribution in [1.29, 1.82) is 0 Å². The van der Waals surface area contributed by atoms with E-state index < -0.39 is 0 Å². The van der Waals surface area contributed by atoms with Crippen molar-refractivity contribution in [2.75, 3.05) is 0 Å². The van der Waals surface area contributed by atoms with E-state index in [4.69, 9.17) is 0 Å². The predicted octanol–water partition coefficient (Wildman–Crippen LogP) is 2.49. The van der Waals surface area contributed by atoms with E-state index in [-0.39, 0.29) is 11.4 Å². The third kappa shape index (κ3) is 2.16. The number of hydrogen-bond acceptors (Lipinski definition) is 2. The van der Waals surface area contributed by atoms with Crippen LogP contribution in [0.4, 0.5) is 4.39 Å². The molecule has 0 saturated carbocycles. The summed E-state index contributed by atoms with van der Waals surface area (Å²) in [5.74, 6) is -0.348. The molecule has 0 saturated heterocycles. The number of nitrogens with zero attached hydrogens (tertiary/aromatic N) is 3. The molecule has 0 aliphatic rings. The number of halogens is 2. The largest absolute Gasteiger partial charge is 0.408 e. The van der Waals surface area contributed by atoms with Crippen molar-refractivity contribution in [1.82, 2.24) is 14.9 Å². The summed E-state index contributed by atoms with van der Waals surface area (Å²) in [6.07, 6.45) is 0. The second-order valence-electron chi connectivity index (χ2n) is 5.08. The number of benzene rings is 2. The van der Waals surface area contributed by atoms with Crippen molar-refractivity contribution in [3.8, 4) is 5.69 Å². The first-order valence-electron chi connectivity index (χ1n) is 6.95. The Hall–Kier alpha value is -2.54. The molecule has 1 N–H and O–H groups in total. The summed E-state index contributed by atoms with van der Waals surface area (Å²) in [7, 11) is 0. The third-order valence-electron chi connectivity index (χ3n) is 3.69. The van der Waals surface area contributed by atoms with Gasteiger partial charge in [0, 0.05) is 0 Å². The minimum Gasteiger partial charge on any atom is -0.243 e. The average Bonchev–Trinajstić information content (AvgIpc) is 2.93. The lowest BCUT2D eigenvalue weighted by atomic mass is 10.2. The summed E-state index contributed by atoms with van der Waals surface area (Å²) < 4.78 is 16.2. The molecule has 4 rings (SSSR count). The summed E-state index contributed by atoms with van der Waals surface area (Å²) in [6.45, 7) is 0. The molecule has 0 spiro atoms. The smallest absolute Gasteiger partial charge is 0.243 e. The number of rotatable bonds is 2. The molecular formula is C16H11BrFN4O+. The van der Waals surface area contributed by atoms with Gasteiger partial charge in [-0.2, -0.15) is 0 Å². The number of aromatic amines is 1. The number of alkyl halides is 1. The van der Waals surface area contributed by atoms with Crippen LogP contribution in [-0.2, 0) is 5.33 Å². The lowest BCUT2D eigenvalue weighted by Gasteiger charge is -1.98. The van der Waals surface area contributed by atoms with Crippen LogP contribution in [0.5, 0.6) is 0 Å². The van der Waals surface area contributed by atoms with E-state index in [1.54, 1.807) is 16.6 Å². The molecule has 0 radical (unpaired) electrons. The molecule has 0 bridgehead atoms. The second kappa shape index (κ2) is 5.27. The zero-order valence-corrected chi connectivity index (χ0v) is 13.4. The number of aromatic nitrogens is 4. The molecule has 7 heteroatoms. The highest BCUT2D eigenvalue weighted by molar-refractivity contribution is 9.08. The molecule has 0 fully saturated rings. The molecular weight excluding hydrogens is 363 g/mol. The molecule has 0 atom stereocenters.